The third-order valence-electron chi connectivity index (χ3n) is 6.63. The van der Waals surface area contributed by atoms with E-state index in [4.69, 9.17) is 0 Å². The summed E-state index contributed by atoms with van der Waals surface area (Å²) in [6, 6.07) is 13.0. The maximum atomic E-state index is 15.2. The van der Waals surface area contributed by atoms with E-state index >= 15 is 4.39 Å². The summed E-state index contributed by atoms with van der Waals surface area (Å²) in [6.45, 7) is 0.616. The molecular weight excluding hydrogens is 511 g/mol. The number of halogens is 5. The second-order valence-electron chi connectivity index (χ2n) is 9.73. The van der Waals surface area contributed by atoms with Crippen LogP contribution >= 0.6 is 0 Å². The van der Waals surface area contributed by atoms with Crippen molar-refractivity contribution in [2.75, 3.05) is 6.61 Å². The Hall–Kier alpha value is -3.55. The minimum atomic E-state index is -4.55. The molecule has 1 heterocycles. The van der Waals surface area contributed by atoms with Gasteiger partial charge in [-0.1, -0.05) is 56.2 Å². The van der Waals surface area contributed by atoms with Gasteiger partial charge in [0, 0.05) is 24.2 Å². The Labute approximate surface area is 225 Å². The Bertz CT molecular complexity index is 1390. The first-order valence-corrected chi connectivity index (χ1v) is 13.2. The van der Waals surface area contributed by atoms with E-state index in [1.165, 1.54) is 25.0 Å². The molecule has 0 aliphatic carbocycles. The van der Waals surface area contributed by atoms with Crippen molar-refractivity contribution in [2.45, 2.75) is 64.5 Å². The van der Waals surface area contributed by atoms with E-state index in [9.17, 15) is 17.6 Å². The molecular formula is C31H31F5N2O. The molecule has 0 unspecified atom stereocenters. The average Bonchev–Trinajstić information content (AvgIpc) is 2.91. The summed E-state index contributed by atoms with van der Waals surface area (Å²) in [7, 11) is 0. The van der Waals surface area contributed by atoms with Crippen molar-refractivity contribution in [3.63, 3.8) is 0 Å². The van der Waals surface area contributed by atoms with Gasteiger partial charge in [-0.05, 0) is 71.9 Å². The number of unbranched alkanes of at least 4 members (excludes halogenated alkanes) is 2. The molecule has 0 bridgehead atoms. The van der Waals surface area contributed by atoms with Gasteiger partial charge in [0.1, 0.15) is 11.6 Å². The van der Waals surface area contributed by atoms with Crippen LogP contribution in [0.25, 0.3) is 10.8 Å². The second kappa shape index (κ2) is 13.0. The first-order valence-electron chi connectivity index (χ1n) is 13.2. The standard InChI is InChI=1S/C31H31F5N2O/c1-2-3-4-5-23-18-37-29(38-19-23)15-9-21-7-13-26-25(16-21)12-11-24(30(26)33)10-6-22-8-14-28(27(32)17-22)39-20-31(34,35)36/h7-8,11-14,16-19H,2-6,9-10,15,20H2,1H3. The number of ether oxygens (including phenoxy) is 1. The van der Waals surface area contributed by atoms with Crippen LogP contribution in [0.15, 0.2) is 60.9 Å². The Morgan fingerprint density at radius 2 is 1.46 bits per heavy atom. The zero-order chi connectivity index (χ0) is 27.8. The highest BCUT2D eigenvalue weighted by molar-refractivity contribution is 5.84. The minimum absolute atomic E-state index is 0.317. The normalized spacial score (nSPS) is 11.7. The largest absolute Gasteiger partial charge is 0.481 e. The molecule has 39 heavy (non-hydrogen) atoms. The highest BCUT2D eigenvalue weighted by Crippen LogP contribution is 2.26. The lowest BCUT2D eigenvalue weighted by molar-refractivity contribution is -0.153. The van der Waals surface area contributed by atoms with Crippen LogP contribution in [0.4, 0.5) is 22.0 Å². The van der Waals surface area contributed by atoms with Gasteiger partial charge in [0.05, 0.1) is 0 Å². The number of hydrogen-bond acceptors (Lipinski definition) is 3. The molecule has 0 fully saturated rings. The molecule has 8 heteroatoms. The molecule has 0 saturated carbocycles. The fraction of sp³-hybridized carbons (Fsp3) is 0.355. The van der Waals surface area contributed by atoms with Crippen LogP contribution in [0.3, 0.4) is 0 Å². The van der Waals surface area contributed by atoms with Crippen molar-refractivity contribution in [1.82, 2.24) is 9.97 Å². The summed E-state index contributed by atoms with van der Waals surface area (Å²) in [6.07, 6.45) is 5.85. The Kier molecular flexibility index (Phi) is 9.49. The van der Waals surface area contributed by atoms with Crippen molar-refractivity contribution < 1.29 is 26.7 Å². The van der Waals surface area contributed by atoms with Crippen molar-refractivity contribution in [3.05, 3.63) is 101 Å². The molecule has 4 aromatic rings. The first kappa shape index (κ1) is 28.5. The first-order chi connectivity index (χ1) is 18.7. The van der Waals surface area contributed by atoms with Gasteiger partial charge in [-0.15, -0.1) is 0 Å². The van der Waals surface area contributed by atoms with Crippen molar-refractivity contribution in [1.29, 1.82) is 0 Å². The molecule has 0 aliphatic rings. The zero-order valence-electron chi connectivity index (χ0n) is 21.8. The van der Waals surface area contributed by atoms with Gasteiger partial charge in [-0.2, -0.15) is 13.2 Å². The zero-order valence-corrected chi connectivity index (χ0v) is 21.8. The third kappa shape index (κ3) is 8.22. The summed E-state index contributed by atoms with van der Waals surface area (Å²) in [5, 5.41) is 1.30. The number of alkyl halides is 3. The Morgan fingerprint density at radius 3 is 2.18 bits per heavy atom. The van der Waals surface area contributed by atoms with Crippen LogP contribution < -0.4 is 4.74 Å². The van der Waals surface area contributed by atoms with Crippen LogP contribution in [-0.2, 0) is 32.1 Å². The van der Waals surface area contributed by atoms with Gasteiger partial charge in [0.15, 0.2) is 18.2 Å². The van der Waals surface area contributed by atoms with Gasteiger partial charge in [0.2, 0.25) is 0 Å². The van der Waals surface area contributed by atoms with Crippen molar-refractivity contribution in [2.24, 2.45) is 0 Å². The third-order valence-corrected chi connectivity index (χ3v) is 6.63. The fourth-order valence-corrected chi connectivity index (χ4v) is 4.47. The second-order valence-corrected chi connectivity index (χ2v) is 9.73. The smallest absolute Gasteiger partial charge is 0.422 e. The SMILES string of the molecule is CCCCCc1cnc(CCc2ccc3c(F)c(CCc4ccc(OCC(F)(F)F)c(F)c4)ccc3c2)nc1. The van der Waals surface area contributed by atoms with E-state index in [1.54, 1.807) is 12.1 Å². The maximum absolute atomic E-state index is 15.2. The van der Waals surface area contributed by atoms with Crippen molar-refractivity contribution >= 4 is 10.8 Å². The lowest BCUT2D eigenvalue weighted by Gasteiger charge is -2.11. The molecule has 1 aromatic heterocycles. The van der Waals surface area contributed by atoms with E-state index in [1.807, 2.05) is 30.6 Å². The summed E-state index contributed by atoms with van der Waals surface area (Å²) in [4.78, 5) is 8.98. The predicted molar refractivity (Wildman–Crippen MR) is 142 cm³/mol. The maximum Gasteiger partial charge on any atom is 0.422 e. The number of aromatic nitrogens is 2. The number of rotatable bonds is 12. The molecule has 0 saturated heterocycles. The minimum Gasteiger partial charge on any atom is -0.481 e. The molecule has 0 amide bonds. The molecule has 0 N–H and O–H groups in total. The van der Waals surface area contributed by atoms with Crippen LogP contribution in [0.1, 0.15) is 54.3 Å². The molecule has 4 rings (SSSR count). The van der Waals surface area contributed by atoms with Gasteiger partial charge < -0.3 is 4.74 Å². The van der Waals surface area contributed by atoms with E-state index < -0.39 is 24.3 Å². The highest BCUT2D eigenvalue weighted by Gasteiger charge is 2.29. The predicted octanol–water partition coefficient (Wildman–Crippen LogP) is 8.15. The molecule has 3 aromatic carbocycles. The van der Waals surface area contributed by atoms with Gasteiger partial charge in [0.25, 0.3) is 0 Å². The highest BCUT2D eigenvalue weighted by atomic mass is 19.4. The van der Waals surface area contributed by atoms with E-state index in [0.717, 1.165) is 47.7 Å². The number of hydrogen-bond donors (Lipinski definition) is 0. The van der Waals surface area contributed by atoms with Gasteiger partial charge in [-0.25, -0.2) is 18.7 Å². The lowest BCUT2D eigenvalue weighted by Crippen LogP contribution is -2.19. The Balaban J connectivity index is 1.35. The Morgan fingerprint density at radius 1 is 0.744 bits per heavy atom. The molecule has 0 atom stereocenters. The topological polar surface area (TPSA) is 35.0 Å². The van der Waals surface area contributed by atoms with Gasteiger partial charge >= 0.3 is 6.18 Å². The summed E-state index contributed by atoms with van der Waals surface area (Å²) >= 11 is 0. The van der Waals surface area contributed by atoms with E-state index in [2.05, 4.69) is 21.6 Å². The molecule has 0 spiro atoms. The van der Waals surface area contributed by atoms with Crippen LogP contribution in [-0.4, -0.2) is 22.8 Å². The summed E-state index contributed by atoms with van der Waals surface area (Å²) in [5.74, 6) is -0.884. The molecule has 0 aliphatic heterocycles. The van der Waals surface area contributed by atoms with Gasteiger partial charge in [-0.3, -0.25) is 0 Å². The summed E-state index contributed by atoms with van der Waals surface area (Å²) < 4.78 is 70.8. The number of benzene rings is 3. The fourth-order valence-electron chi connectivity index (χ4n) is 4.47. The number of nitrogens with zero attached hydrogens (tertiary/aromatic N) is 2. The summed E-state index contributed by atoms with van der Waals surface area (Å²) in [5.41, 5.74) is 3.24. The van der Waals surface area contributed by atoms with E-state index in [-0.39, 0.29) is 5.82 Å². The number of aryl methyl sites for hydroxylation is 5. The monoisotopic (exact) mass is 542 g/mol. The van der Waals surface area contributed by atoms with E-state index in [0.29, 0.717) is 35.8 Å². The average molecular weight is 543 g/mol. The molecule has 206 valence electrons. The van der Waals surface area contributed by atoms with Crippen LogP contribution in [0.5, 0.6) is 5.75 Å². The van der Waals surface area contributed by atoms with Crippen LogP contribution in [0, 0.1) is 11.6 Å². The lowest BCUT2D eigenvalue weighted by atomic mass is 9.98. The quantitative estimate of drug-likeness (QED) is 0.134. The molecule has 3 nitrogen and oxygen atoms in total. The number of fused-ring (bicyclic) bond motifs is 1. The molecule has 0 radical (unpaired) electrons. The van der Waals surface area contributed by atoms with Crippen molar-refractivity contribution in [3.8, 4) is 5.75 Å². The van der Waals surface area contributed by atoms with Crippen LogP contribution in [0.2, 0.25) is 0 Å².